The molecule has 1 saturated heterocycles. The van der Waals surface area contributed by atoms with E-state index in [9.17, 15) is 9.18 Å². The molecule has 2 aromatic carbocycles. The van der Waals surface area contributed by atoms with Gasteiger partial charge < -0.3 is 14.6 Å². The zero-order chi connectivity index (χ0) is 19.3. The van der Waals surface area contributed by atoms with E-state index in [2.05, 4.69) is 15.5 Å². The predicted molar refractivity (Wildman–Crippen MR) is 103 cm³/mol. The Morgan fingerprint density at radius 3 is 2.71 bits per heavy atom. The van der Waals surface area contributed by atoms with Crippen LogP contribution in [-0.4, -0.2) is 34.2 Å². The molecule has 3 aromatic rings. The molecule has 4 rings (SSSR count). The molecule has 1 aliphatic heterocycles. The van der Waals surface area contributed by atoms with Crippen molar-refractivity contribution in [3.05, 3.63) is 77.8 Å². The minimum absolute atomic E-state index is 0.0183. The molecule has 1 unspecified atom stereocenters. The molecule has 0 radical (unpaired) electrons. The number of benzene rings is 2. The molecule has 6 nitrogen and oxygen atoms in total. The number of aromatic nitrogens is 2. The first-order valence-corrected chi connectivity index (χ1v) is 9.35. The van der Waals surface area contributed by atoms with Gasteiger partial charge in [-0.15, -0.1) is 10.2 Å². The topological polar surface area (TPSA) is 71.3 Å². The Kier molecular flexibility index (Phi) is 5.32. The van der Waals surface area contributed by atoms with E-state index in [0.717, 1.165) is 24.1 Å². The van der Waals surface area contributed by atoms with Gasteiger partial charge in [-0.2, -0.15) is 0 Å². The van der Waals surface area contributed by atoms with Crippen LogP contribution in [0.2, 0.25) is 0 Å². The molecule has 1 N–H and O–H groups in total. The van der Waals surface area contributed by atoms with Crippen molar-refractivity contribution >= 4 is 11.7 Å². The molecule has 7 heteroatoms. The van der Waals surface area contributed by atoms with Crippen LogP contribution in [-0.2, 0) is 6.42 Å². The zero-order valence-corrected chi connectivity index (χ0v) is 15.3. The third kappa shape index (κ3) is 4.36. The first-order chi connectivity index (χ1) is 13.7. The second-order valence-corrected chi connectivity index (χ2v) is 6.92. The summed E-state index contributed by atoms with van der Waals surface area (Å²) in [6.07, 6.45) is 2.23. The lowest BCUT2D eigenvalue weighted by molar-refractivity contribution is 0.186. The van der Waals surface area contributed by atoms with Crippen molar-refractivity contribution in [3.8, 4) is 0 Å². The molecule has 1 aromatic heterocycles. The molecule has 144 valence electrons. The molecule has 0 saturated carbocycles. The number of nitrogens with one attached hydrogen (secondary N) is 1. The van der Waals surface area contributed by atoms with E-state index in [1.165, 1.54) is 12.1 Å². The molecule has 0 spiro atoms. The van der Waals surface area contributed by atoms with Gasteiger partial charge in [0.05, 0.1) is 12.3 Å². The number of halogens is 1. The number of anilines is 1. The summed E-state index contributed by atoms with van der Waals surface area (Å²) in [4.78, 5) is 14.3. The highest BCUT2D eigenvalue weighted by atomic mass is 19.1. The lowest BCUT2D eigenvalue weighted by atomic mass is 9.98. The summed E-state index contributed by atoms with van der Waals surface area (Å²) in [7, 11) is 0. The summed E-state index contributed by atoms with van der Waals surface area (Å²) in [6, 6.07) is 15.5. The normalized spacial score (nSPS) is 16.8. The van der Waals surface area contributed by atoms with Crippen LogP contribution >= 0.6 is 0 Å². The number of urea groups is 1. The lowest BCUT2D eigenvalue weighted by Gasteiger charge is -2.31. The number of likely N-dealkylation sites (tertiary alicyclic amines) is 1. The Balaban J connectivity index is 1.38. The Morgan fingerprint density at radius 2 is 1.93 bits per heavy atom. The number of amides is 2. The monoisotopic (exact) mass is 380 g/mol. The van der Waals surface area contributed by atoms with Gasteiger partial charge in [0.25, 0.3) is 0 Å². The van der Waals surface area contributed by atoms with Gasteiger partial charge in [0, 0.05) is 18.8 Å². The van der Waals surface area contributed by atoms with E-state index in [4.69, 9.17) is 4.42 Å². The van der Waals surface area contributed by atoms with E-state index in [1.807, 2.05) is 30.3 Å². The quantitative estimate of drug-likeness (QED) is 0.736. The molecular weight excluding hydrogens is 359 g/mol. The highest BCUT2D eigenvalue weighted by Crippen LogP contribution is 2.27. The highest BCUT2D eigenvalue weighted by Gasteiger charge is 2.28. The minimum Gasteiger partial charge on any atom is -0.425 e. The largest absolute Gasteiger partial charge is 0.425 e. The van der Waals surface area contributed by atoms with Crippen LogP contribution in [0.5, 0.6) is 0 Å². The van der Waals surface area contributed by atoms with Crippen LogP contribution in [0.25, 0.3) is 0 Å². The van der Waals surface area contributed by atoms with Crippen molar-refractivity contribution in [2.75, 3.05) is 18.4 Å². The van der Waals surface area contributed by atoms with E-state index in [0.29, 0.717) is 31.3 Å². The van der Waals surface area contributed by atoms with Crippen molar-refractivity contribution in [1.29, 1.82) is 0 Å². The molecule has 1 atom stereocenters. The number of rotatable bonds is 4. The number of hydrogen-bond acceptors (Lipinski definition) is 4. The molecule has 0 bridgehead atoms. The third-order valence-corrected chi connectivity index (χ3v) is 4.83. The number of carbonyl (C=O) groups excluding carboxylic acids is 1. The smallest absolute Gasteiger partial charge is 0.321 e. The number of piperidine rings is 1. The Labute approximate surface area is 162 Å². The van der Waals surface area contributed by atoms with Gasteiger partial charge in [-0.05, 0) is 42.7 Å². The van der Waals surface area contributed by atoms with Crippen LogP contribution in [0, 0.1) is 5.82 Å². The summed E-state index contributed by atoms with van der Waals surface area (Å²) in [5.74, 6) is 0.789. The number of hydrogen-bond donors (Lipinski definition) is 1. The van der Waals surface area contributed by atoms with Gasteiger partial charge in [0.15, 0.2) is 0 Å². The second kappa shape index (κ2) is 8.21. The Morgan fingerprint density at radius 1 is 1.14 bits per heavy atom. The van der Waals surface area contributed by atoms with Crippen LogP contribution < -0.4 is 5.32 Å². The maximum absolute atomic E-state index is 13.0. The summed E-state index contributed by atoms with van der Waals surface area (Å²) >= 11 is 0. The van der Waals surface area contributed by atoms with Crippen molar-refractivity contribution in [1.82, 2.24) is 15.1 Å². The van der Waals surface area contributed by atoms with E-state index >= 15 is 0 Å². The van der Waals surface area contributed by atoms with Gasteiger partial charge in [-0.3, -0.25) is 0 Å². The zero-order valence-electron chi connectivity index (χ0n) is 15.3. The van der Waals surface area contributed by atoms with Crippen molar-refractivity contribution < 1.29 is 13.6 Å². The first kappa shape index (κ1) is 18.2. The average molecular weight is 380 g/mol. The van der Waals surface area contributed by atoms with E-state index < -0.39 is 0 Å². The van der Waals surface area contributed by atoms with Crippen LogP contribution in [0.15, 0.2) is 59.0 Å². The van der Waals surface area contributed by atoms with Gasteiger partial charge >= 0.3 is 6.03 Å². The average Bonchev–Trinajstić information content (AvgIpc) is 3.19. The van der Waals surface area contributed by atoms with Crippen LogP contribution in [0.3, 0.4) is 0 Å². The van der Waals surface area contributed by atoms with E-state index in [1.54, 1.807) is 17.0 Å². The molecule has 28 heavy (non-hydrogen) atoms. The molecular formula is C21H21FN4O2. The third-order valence-electron chi connectivity index (χ3n) is 4.83. The van der Waals surface area contributed by atoms with Crippen LogP contribution in [0.4, 0.5) is 14.9 Å². The standard InChI is InChI=1S/C21H21FN4O2/c22-17-10-8-15(9-11-17)13-19-24-25-20(28-19)16-5-4-12-26(14-16)21(27)23-18-6-2-1-3-7-18/h1-3,6-11,16H,4-5,12-14H2,(H,23,27). The number of para-hydroxylation sites is 1. The molecule has 1 aliphatic rings. The van der Waals surface area contributed by atoms with E-state index in [-0.39, 0.29) is 17.8 Å². The highest BCUT2D eigenvalue weighted by molar-refractivity contribution is 5.89. The fourth-order valence-corrected chi connectivity index (χ4v) is 3.37. The predicted octanol–water partition coefficient (Wildman–Crippen LogP) is 4.21. The second-order valence-electron chi connectivity index (χ2n) is 6.92. The van der Waals surface area contributed by atoms with Crippen molar-refractivity contribution in [3.63, 3.8) is 0 Å². The first-order valence-electron chi connectivity index (χ1n) is 9.35. The summed E-state index contributed by atoms with van der Waals surface area (Å²) in [5.41, 5.74) is 1.68. The Bertz CT molecular complexity index is 927. The molecule has 2 amide bonds. The number of carbonyl (C=O) groups is 1. The van der Waals surface area contributed by atoms with Gasteiger partial charge in [-0.1, -0.05) is 30.3 Å². The minimum atomic E-state index is -0.272. The number of nitrogens with zero attached hydrogens (tertiary/aromatic N) is 3. The molecule has 2 heterocycles. The summed E-state index contributed by atoms with van der Waals surface area (Å²) < 4.78 is 18.9. The van der Waals surface area contributed by atoms with Crippen molar-refractivity contribution in [2.45, 2.75) is 25.2 Å². The van der Waals surface area contributed by atoms with Gasteiger partial charge in [0.1, 0.15) is 5.82 Å². The maximum Gasteiger partial charge on any atom is 0.321 e. The summed E-state index contributed by atoms with van der Waals surface area (Å²) in [6.45, 7) is 1.24. The van der Waals surface area contributed by atoms with Gasteiger partial charge in [0.2, 0.25) is 11.8 Å². The SMILES string of the molecule is O=C(Nc1ccccc1)N1CCCC(c2nnc(Cc3ccc(F)cc3)o2)C1. The van der Waals surface area contributed by atoms with Gasteiger partial charge in [-0.25, -0.2) is 9.18 Å². The summed E-state index contributed by atoms with van der Waals surface area (Å²) in [5, 5.41) is 11.2. The lowest BCUT2D eigenvalue weighted by Crippen LogP contribution is -2.41. The fraction of sp³-hybridized carbons (Fsp3) is 0.286. The maximum atomic E-state index is 13.0. The molecule has 1 fully saturated rings. The van der Waals surface area contributed by atoms with Crippen molar-refractivity contribution in [2.24, 2.45) is 0 Å². The van der Waals surface area contributed by atoms with Crippen LogP contribution in [0.1, 0.15) is 36.1 Å². The Hall–Kier alpha value is -3.22. The fourth-order valence-electron chi connectivity index (χ4n) is 3.37. The molecule has 0 aliphatic carbocycles.